The molecule has 1 aromatic heterocycles. The van der Waals surface area contributed by atoms with Gasteiger partial charge in [0.05, 0.1) is 33.4 Å². The van der Waals surface area contributed by atoms with Gasteiger partial charge in [-0.3, -0.25) is 9.48 Å². The molecule has 0 N–H and O–H groups in total. The molecule has 0 unspecified atom stereocenters. The summed E-state index contributed by atoms with van der Waals surface area (Å²) < 4.78 is 13.0. The second-order valence-electron chi connectivity index (χ2n) is 6.74. The standard InChI is InChI=1S/C23H21Cl3N2O3/c1-4-28-12-17(14(2)27-28)21(29)7-5-15-6-8-22(30-3)16(9-15)13-31-23-11-19(25)18(24)10-20(23)26/h5-12H,4,13H2,1-3H3/b7-5+. The van der Waals surface area contributed by atoms with Gasteiger partial charge in [-0.05, 0) is 43.7 Å². The zero-order valence-corrected chi connectivity index (χ0v) is 19.6. The molecular weight excluding hydrogens is 459 g/mol. The SMILES string of the molecule is CCn1cc(C(=O)/C=C/c2ccc(OC)c(COc3cc(Cl)c(Cl)cc3Cl)c2)c(C)n1. The van der Waals surface area contributed by atoms with Crippen molar-refractivity contribution in [3.63, 3.8) is 0 Å². The fourth-order valence-electron chi connectivity index (χ4n) is 2.97. The minimum Gasteiger partial charge on any atom is -0.496 e. The van der Waals surface area contributed by atoms with Gasteiger partial charge in [0, 0.05) is 24.4 Å². The summed E-state index contributed by atoms with van der Waals surface area (Å²) in [4.78, 5) is 12.6. The highest BCUT2D eigenvalue weighted by Gasteiger charge is 2.12. The Morgan fingerprint density at radius 3 is 2.52 bits per heavy atom. The minimum absolute atomic E-state index is 0.103. The Kier molecular flexibility index (Phi) is 7.65. The van der Waals surface area contributed by atoms with E-state index < -0.39 is 0 Å². The molecule has 2 aromatic carbocycles. The van der Waals surface area contributed by atoms with Crippen LogP contribution in [0, 0.1) is 6.92 Å². The largest absolute Gasteiger partial charge is 0.496 e. The van der Waals surface area contributed by atoms with Crippen molar-refractivity contribution in [1.82, 2.24) is 9.78 Å². The first-order chi connectivity index (χ1) is 14.8. The van der Waals surface area contributed by atoms with E-state index >= 15 is 0 Å². The molecule has 0 radical (unpaired) electrons. The number of hydrogen-bond donors (Lipinski definition) is 0. The summed E-state index contributed by atoms with van der Waals surface area (Å²) in [6.07, 6.45) is 5.04. The number of halogens is 3. The third-order valence-corrected chi connectivity index (χ3v) is 5.64. The molecular formula is C23H21Cl3N2O3. The number of benzene rings is 2. The van der Waals surface area contributed by atoms with Gasteiger partial charge in [0.1, 0.15) is 18.1 Å². The zero-order valence-electron chi connectivity index (χ0n) is 17.3. The number of carbonyl (C=O) groups is 1. The molecule has 8 heteroatoms. The Morgan fingerprint density at radius 1 is 1.10 bits per heavy atom. The van der Waals surface area contributed by atoms with Crippen LogP contribution >= 0.6 is 34.8 Å². The molecule has 0 aliphatic rings. The van der Waals surface area contributed by atoms with Gasteiger partial charge in [-0.1, -0.05) is 46.9 Å². The zero-order chi connectivity index (χ0) is 22.5. The normalized spacial score (nSPS) is 11.2. The van der Waals surface area contributed by atoms with Crippen LogP contribution in [0.1, 0.15) is 34.1 Å². The molecule has 0 amide bonds. The fraction of sp³-hybridized carbons (Fsp3) is 0.217. The summed E-state index contributed by atoms with van der Waals surface area (Å²) in [5.41, 5.74) is 2.91. The van der Waals surface area contributed by atoms with E-state index in [2.05, 4.69) is 5.10 Å². The van der Waals surface area contributed by atoms with Crippen molar-refractivity contribution in [3.05, 3.63) is 80.1 Å². The maximum atomic E-state index is 12.6. The van der Waals surface area contributed by atoms with Crippen molar-refractivity contribution < 1.29 is 14.3 Å². The van der Waals surface area contributed by atoms with Gasteiger partial charge < -0.3 is 9.47 Å². The lowest BCUT2D eigenvalue weighted by atomic mass is 10.1. The fourth-order valence-corrected chi connectivity index (χ4v) is 3.56. The molecule has 0 bridgehead atoms. The van der Waals surface area contributed by atoms with Gasteiger partial charge in [0.2, 0.25) is 0 Å². The number of ether oxygens (including phenoxy) is 2. The number of methoxy groups -OCH3 is 1. The molecule has 31 heavy (non-hydrogen) atoms. The lowest BCUT2D eigenvalue weighted by Crippen LogP contribution is -2.00. The highest BCUT2D eigenvalue weighted by atomic mass is 35.5. The van der Waals surface area contributed by atoms with Crippen molar-refractivity contribution >= 4 is 46.7 Å². The molecule has 0 fully saturated rings. The summed E-state index contributed by atoms with van der Waals surface area (Å²) in [5, 5.41) is 5.38. The van der Waals surface area contributed by atoms with E-state index in [9.17, 15) is 4.79 Å². The van der Waals surface area contributed by atoms with Crippen LogP contribution < -0.4 is 9.47 Å². The topological polar surface area (TPSA) is 53.4 Å². The molecule has 0 aliphatic heterocycles. The van der Waals surface area contributed by atoms with Crippen LogP contribution in [0.25, 0.3) is 6.08 Å². The number of nitrogens with zero attached hydrogens (tertiary/aromatic N) is 2. The highest BCUT2D eigenvalue weighted by Crippen LogP contribution is 2.34. The van der Waals surface area contributed by atoms with Gasteiger partial charge in [0.25, 0.3) is 0 Å². The first-order valence-corrected chi connectivity index (χ1v) is 10.7. The summed E-state index contributed by atoms with van der Waals surface area (Å²) in [6.45, 7) is 4.70. The highest BCUT2D eigenvalue weighted by molar-refractivity contribution is 6.43. The second-order valence-corrected chi connectivity index (χ2v) is 7.96. The first kappa shape index (κ1) is 23.2. The predicted molar refractivity (Wildman–Crippen MR) is 125 cm³/mol. The van der Waals surface area contributed by atoms with E-state index in [1.165, 1.54) is 12.1 Å². The van der Waals surface area contributed by atoms with Crippen molar-refractivity contribution in [2.24, 2.45) is 0 Å². The van der Waals surface area contributed by atoms with E-state index in [-0.39, 0.29) is 12.4 Å². The molecule has 162 valence electrons. The van der Waals surface area contributed by atoms with Gasteiger partial charge in [-0.2, -0.15) is 5.10 Å². The molecule has 3 rings (SSSR count). The Balaban J connectivity index is 1.78. The Labute approximate surface area is 196 Å². The van der Waals surface area contributed by atoms with Crippen LogP contribution in [0.2, 0.25) is 15.1 Å². The summed E-state index contributed by atoms with van der Waals surface area (Å²) in [6, 6.07) is 8.67. The van der Waals surface area contributed by atoms with Gasteiger partial charge >= 0.3 is 0 Å². The van der Waals surface area contributed by atoms with Gasteiger partial charge in [0.15, 0.2) is 5.78 Å². The molecule has 1 heterocycles. The number of aryl methyl sites for hydroxylation is 2. The monoisotopic (exact) mass is 478 g/mol. The van der Waals surface area contributed by atoms with Crippen molar-refractivity contribution in [3.8, 4) is 11.5 Å². The van der Waals surface area contributed by atoms with Crippen LogP contribution in [0.4, 0.5) is 0 Å². The Morgan fingerprint density at radius 2 is 1.84 bits per heavy atom. The first-order valence-electron chi connectivity index (χ1n) is 9.53. The van der Waals surface area contributed by atoms with Crippen molar-refractivity contribution in [2.45, 2.75) is 27.0 Å². The van der Waals surface area contributed by atoms with E-state index in [4.69, 9.17) is 44.3 Å². The van der Waals surface area contributed by atoms with E-state index in [1.54, 1.807) is 30.1 Å². The number of carbonyl (C=O) groups excluding carboxylic acids is 1. The smallest absolute Gasteiger partial charge is 0.189 e. The molecule has 3 aromatic rings. The van der Waals surface area contributed by atoms with Crippen molar-refractivity contribution in [2.75, 3.05) is 7.11 Å². The Bertz CT molecular complexity index is 1140. The van der Waals surface area contributed by atoms with Crippen LogP contribution in [-0.4, -0.2) is 22.7 Å². The molecule has 0 atom stereocenters. The number of aromatic nitrogens is 2. The third kappa shape index (κ3) is 5.62. The number of ketones is 1. The number of allylic oxidation sites excluding steroid dienone is 1. The maximum absolute atomic E-state index is 12.6. The molecule has 0 saturated heterocycles. The molecule has 0 saturated carbocycles. The van der Waals surface area contributed by atoms with Crippen LogP contribution in [0.15, 0.2) is 42.6 Å². The average molecular weight is 480 g/mol. The summed E-state index contributed by atoms with van der Waals surface area (Å²) in [5.74, 6) is 0.964. The predicted octanol–water partition coefficient (Wildman–Crippen LogP) is 6.66. The van der Waals surface area contributed by atoms with Gasteiger partial charge in [-0.25, -0.2) is 0 Å². The Hall–Kier alpha value is -2.47. The lowest BCUT2D eigenvalue weighted by molar-refractivity contribution is 0.104. The third-order valence-electron chi connectivity index (χ3n) is 4.63. The van der Waals surface area contributed by atoms with Gasteiger partial charge in [-0.15, -0.1) is 0 Å². The number of rotatable bonds is 8. The van der Waals surface area contributed by atoms with Crippen LogP contribution in [0.3, 0.4) is 0 Å². The second kappa shape index (κ2) is 10.2. The van der Waals surface area contributed by atoms with E-state index in [0.717, 1.165) is 11.1 Å². The summed E-state index contributed by atoms with van der Waals surface area (Å²) >= 11 is 18.2. The van der Waals surface area contributed by atoms with E-state index in [1.807, 2.05) is 32.0 Å². The van der Waals surface area contributed by atoms with Crippen molar-refractivity contribution in [1.29, 1.82) is 0 Å². The lowest BCUT2D eigenvalue weighted by Gasteiger charge is -2.13. The van der Waals surface area contributed by atoms with Crippen LogP contribution in [0.5, 0.6) is 11.5 Å². The quantitative estimate of drug-likeness (QED) is 0.206. The summed E-state index contributed by atoms with van der Waals surface area (Å²) in [7, 11) is 1.58. The minimum atomic E-state index is -0.103. The average Bonchev–Trinajstić information content (AvgIpc) is 3.14. The maximum Gasteiger partial charge on any atom is 0.189 e. The molecule has 0 aliphatic carbocycles. The molecule has 0 spiro atoms. The van der Waals surface area contributed by atoms with E-state index in [0.29, 0.717) is 44.4 Å². The van der Waals surface area contributed by atoms with Crippen LogP contribution in [-0.2, 0) is 13.2 Å². The molecule has 5 nitrogen and oxygen atoms in total. The number of hydrogen-bond acceptors (Lipinski definition) is 4.